The van der Waals surface area contributed by atoms with Gasteiger partial charge in [-0.1, -0.05) is 0 Å². The topological polar surface area (TPSA) is 93.2 Å². The van der Waals surface area contributed by atoms with Crippen LogP contribution in [0.5, 0.6) is 0 Å². The van der Waals surface area contributed by atoms with Crippen LogP contribution in [0.1, 0.15) is 41.3 Å². The van der Waals surface area contributed by atoms with E-state index in [4.69, 9.17) is 4.42 Å². The lowest BCUT2D eigenvalue weighted by Gasteiger charge is -2.16. The first kappa shape index (κ1) is 16.2. The van der Waals surface area contributed by atoms with Gasteiger partial charge in [0.05, 0.1) is 17.5 Å². The minimum atomic E-state index is -0.753. The second kappa shape index (κ2) is 6.45. The van der Waals surface area contributed by atoms with E-state index in [1.807, 2.05) is 20.9 Å². The third-order valence-corrected chi connectivity index (χ3v) is 3.95. The van der Waals surface area contributed by atoms with Crippen molar-refractivity contribution in [2.45, 2.75) is 32.4 Å². The number of hydrogen-bond donors (Lipinski definition) is 2. The van der Waals surface area contributed by atoms with Gasteiger partial charge in [0.1, 0.15) is 11.9 Å². The molecule has 0 spiro atoms. The number of pyridine rings is 1. The van der Waals surface area contributed by atoms with E-state index in [2.05, 4.69) is 15.4 Å². The van der Waals surface area contributed by atoms with E-state index in [0.717, 1.165) is 16.7 Å². The van der Waals surface area contributed by atoms with E-state index in [1.54, 1.807) is 22.9 Å². The number of carbonyl (C=O) groups is 1. The summed E-state index contributed by atoms with van der Waals surface area (Å²) < 4.78 is 6.86. The number of nitrogens with one attached hydrogen (secondary N) is 1. The van der Waals surface area contributed by atoms with Gasteiger partial charge in [-0.25, -0.2) is 4.98 Å². The Balaban J connectivity index is 1.69. The predicted octanol–water partition coefficient (Wildman–Crippen LogP) is 2.11. The second-order valence-corrected chi connectivity index (χ2v) is 5.95. The van der Waals surface area contributed by atoms with Gasteiger partial charge < -0.3 is 14.8 Å². The number of aromatic nitrogens is 3. The monoisotopic (exact) mass is 328 g/mol. The van der Waals surface area contributed by atoms with Gasteiger partial charge in [0.15, 0.2) is 5.65 Å². The zero-order valence-corrected chi connectivity index (χ0v) is 13.9. The largest absolute Gasteiger partial charge is 0.467 e. The van der Waals surface area contributed by atoms with Crippen LogP contribution >= 0.6 is 0 Å². The van der Waals surface area contributed by atoms with Crippen molar-refractivity contribution in [3.8, 4) is 0 Å². The Morgan fingerprint density at radius 2 is 2.29 bits per heavy atom. The Kier molecular flexibility index (Phi) is 4.35. The lowest BCUT2D eigenvalue weighted by atomic mass is 10.1. The maximum atomic E-state index is 12.4. The highest BCUT2D eigenvalue weighted by Gasteiger charge is 2.18. The first-order chi connectivity index (χ1) is 11.5. The average Bonchev–Trinajstić information content (AvgIpc) is 3.16. The molecule has 24 heavy (non-hydrogen) atoms. The van der Waals surface area contributed by atoms with Gasteiger partial charge in [-0.2, -0.15) is 5.10 Å². The molecule has 0 saturated carbocycles. The van der Waals surface area contributed by atoms with E-state index in [-0.39, 0.29) is 11.9 Å². The summed E-state index contributed by atoms with van der Waals surface area (Å²) in [7, 11) is 1.82. The van der Waals surface area contributed by atoms with Crippen molar-refractivity contribution in [1.82, 2.24) is 20.1 Å². The Bertz CT molecular complexity index is 854. The van der Waals surface area contributed by atoms with Crippen LogP contribution in [0.25, 0.3) is 11.0 Å². The normalized spacial score (nSPS) is 13.8. The number of furan rings is 1. The molecule has 3 rings (SSSR count). The lowest BCUT2D eigenvalue weighted by Crippen LogP contribution is -2.33. The Hall–Kier alpha value is -2.67. The van der Waals surface area contributed by atoms with Crippen LogP contribution in [0, 0.1) is 6.92 Å². The third kappa shape index (κ3) is 3.16. The molecule has 0 aromatic carbocycles. The quantitative estimate of drug-likeness (QED) is 0.748. The summed E-state index contributed by atoms with van der Waals surface area (Å²) in [5.74, 6) is 0.261. The van der Waals surface area contributed by atoms with E-state index in [0.29, 0.717) is 17.7 Å². The van der Waals surface area contributed by atoms with Crippen molar-refractivity contribution in [3.63, 3.8) is 0 Å². The summed E-state index contributed by atoms with van der Waals surface area (Å²) in [6, 6.07) is 5.00. The molecule has 0 bridgehead atoms. The molecular formula is C17H20N4O3. The molecule has 7 heteroatoms. The molecule has 0 aliphatic heterocycles. The molecular weight excluding hydrogens is 308 g/mol. The maximum Gasteiger partial charge on any atom is 0.253 e. The first-order valence-corrected chi connectivity index (χ1v) is 7.77. The summed E-state index contributed by atoms with van der Waals surface area (Å²) in [4.78, 5) is 16.7. The van der Waals surface area contributed by atoms with Gasteiger partial charge in [-0.15, -0.1) is 0 Å². The fourth-order valence-corrected chi connectivity index (χ4v) is 2.73. The molecule has 0 fully saturated rings. The van der Waals surface area contributed by atoms with E-state index < -0.39 is 6.10 Å². The number of aryl methyl sites for hydroxylation is 2. The van der Waals surface area contributed by atoms with Gasteiger partial charge in [0, 0.05) is 31.1 Å². The van der Waals surface area contributed by atoms with Crippen LogP contribution in [0.15, 0.2) is 35.1 Å². The van der Waals surface area contributed by atoms with Crippen LogP contribution in [0.3, 0.4) is 0 Å². The van der Waals surface area contributed by atoms with Crippen LogP contribution in [-0.4, -0.2) is 31.8 Å². The van der Waals surface area contributed by atoms with Gasteiger partial charge in [0.25, 0.3) is 5.91 Å². The summed E-state index contributed by atoms with van der Waals surface area (Å²) >= 11 is 0. The lowest BCUT2D eigenvalue weighted by molar-refractivity contribution is 0.0903. The molecule has 3 aromatic heterocycles. The van der Waals surface area contributed by atoms with Gasteiger partial charge >= 0.3 is 0 Å². The van der Waals surface area contributed by atoms with Crippen LogP contribution in [-0.2, 0) is 7.05 Å². The van der Waals surface area contributed by atoms with E-state index in [1.165, 1.54) is 12.5 Å². The summed E-state index contributed by atoms with van der Waals surface area (Å²) in [5, 5.41) is 18.1. The Morgan fingerprint density at radius 1 is 1.50 bits per heavy atom. The number of aliphatic hydroxyl groups excluding tert-OH is 1. The van der Waals surface area contributed by atoms with Gasteiger partial charge in [0.2, 0.25) is 0 Å². The number of carbonyl (C=O) groups excluding carboxylic acids is 1. The highest BCUT2D eigenvalue weighted by molar-refractivity contribution is 5.97. The average molecular weight is 328 g/mol. The molecule has 2 N–H and O–H groups in total. The second-order valence-electron chi connectivity index (χ2n) is 5.95. The van der Waals surface area contributed by atoms with Crippen molar-refractivity contribution in [1.29, 1.82) is 0 Å². The molecule has 3 heterocycles. The number of amides is 1. The number of hydrogen-bond acceptors (Lipinski definition) is 5. The Morgan fingerprint density at radius 3 is 3.00 bits per heavy atom. The first-order valence-electron chi connectivity index (χ1n) is 7.77. The number of fused-ring (bicyclic) bond motifs is 1. The molecule has 7 nitrogen and oxygen atoms in total. The zero-order valence-electron chi connectivity index (χ0n) is 13.9. The highest BCUT2D eigenvalue weighted by Crippen LogP contribution is 2.19. The van der Waals surface area contributed by atoms with Crippen molar-refractivity contribution in [3.05, 3.63) is 47.7 Å². The molecule has 0 aliphatic carbocycles. The fraction of sp³-hybridized carbons (Fsp3) is 0.353. The smallest absolute Gasteiger partial charge is 0.253 e. The van der Waals surface area contributed by atoms with Crippen LogP contribution in [0.4, 0.5) is 0 Å². The summed E-state index contributed by atoms with van der Waals surface area (Å²) in [6.45, 7) is 3.72. The van der Waals surface area contributed by atoms with E-state index >= 15 is 0 Å². The van der Waals surface area contributed by atoms with Crippen molar-refractivity contribution < 1.29 is 14.3 Å². The predicted molar refractivity (Wildman–Crippen MR) is 88.5 cm³/mol. The SMILES string of the molecule is Cc1nn(C)c2ncc(C(=O)NC(C)CC(O)c3ccco3)cc12. The molecule has 2 unspecified atom stereocenters. The van der Waals surface area contributed by atoms with Gasteiger partial charge in [-0.3, -0.25) is 9.48 Å². The molecule has 0 radical (unpaired) electrons. The van der Waals surface area contributed by atoms with Crippen molar-refractivity contribution in [2.75, 3.05) is 0 Å². The molecule has 126 valence electrons. The molecule has 1 amide bonds. The zero-order chi connectivity index (χ0) is 17.3. The molecule has 3 aromatic rings. The fourth-order valence-electron chi connectivity index (χ4n) is 2.73. The summed E-state index contributed by atoms with van der Waals surface area (Å²) in [6.07, 6.45) is 2.66. The molecule has 2 atom stereocenters. The molecule has 0 saturated heterocycles. The number of rotatable bonds is 5. The van der Waals surface area contributed by atoms with Crippen LogP contribution in [0.2, 0.25) is 0 Å². The minimum absolute atomic E-state index is 0.219. The van der Waals surface area contributed by atoms with Crippen molar-refractivity contribution >= 4 is 16.9 Å². The minimum Gasteiger partial charge on any atom is -0.467 e. The Labute approximate surface area is 139 Å². The van der Waals surface area contributed by atoms with E-state index in [9.17, 15) is 9.90 Å². The van der Waals surface area contributed by atoms with Gasteiger partial charge in [-0.05, 0) is 32.0 Å². The molecule has 0 aliphatic rings. The number of aliphatic hydroxyl groups is 1. The standard InChI is InChI=1S/C17H20N4O3/c1-10(7-14(22)15-5-4-6-24-15)19-17(23)12-8-13-11(2)20-21(3)16(13)18-9-12/h4-6,8-10,14,22H,7H2,1-3H3,(H,19,23). The van der Waals surface area contributed by atoms with Crippen molar-refractivity contribution in [2.24, 2.45) is 7.05 Å². The maximum absolute atomic E-state index is 12.4. The number of nitrogens with zero attached hydrogens (tertiary/aromatic N) is 3. The third-order valence-electron chi connectivity index (χ3n) is 3.95. The highest BCUT2D eigenvalue weighted by atomic mass is 16.4. The summed E-state index contributed by atoms with van der Waals surface area (Å²) in [5.41, 5.74) is 2.04. The van der Waals surface area contributed by atoms with Crippen LogP contribution < -0.4 is 5.32 Å².